The molecule has 3 rings (SSSR count). The fourth-order valence-electron chi connectivity index (χ4n) is 2.13. The maximum Gasteiger partial charge on any atom is 0.206 e. The Labute approximate surface area is 123 Å². The Kier molecular flexibility index (Phi) is 3.60. The van der Waals surface area contributed by atoms with Crippen LogP contribution in [-0.4, -0.2) is 15.3 Å². The monoisotopic (exact) mass is 280 g/mol. The van der Waals surface area contributed by atoms with Crippen molar-refractivity contribution >= 4 is 0 Å². The third kappa shape index (κ3) is 3.23. The Morgan fingerprint density at radius 3 is 2.62 bits per heavy atom. The summed E-state index contributed by atoms with van der Waals surface area (Å²) in [6.07, 6.45) is 0.641. The molecule has 4 nitrogen and oxygen atoms in total. The molecule has 106 valence electrons. The Morgan fingerprint density at radius 2 is 1.90 bits per heavy atom. The van der Waals surface area contributed by atoms with Gasteiger partial charge in [-0.15, -0.1) is 0 Å². The van der Waals surface area contributed by atoms with E-state index in [0.717, 1.165) is 28.3 Å². The van der Waals surface area contributed by atoms with Gasteiger partial charge in [0.1, 0.15) is 11.5 Å². The lowest BCUT2D eigenvalue weighted by Gasteiger charge is -2.10. The predicted molar refractivity (Wildman–Crippen MR) is 80.8 cm³/mol. The Morgan fingerprint density at radius 1 is 1.10 bits per heavy atom. The van der Waals surface area contributed by atoms with Gasteiger partial charge in [-0.25, -0.2) is 5.10 Å². The van der Waals surface area contributed by atoms with Crippen LogP contribution >= 0.6 is 0 Å². The lowest BCUT2D eigenvalue weighted by atomic mass is 10.1. The number of H-pyrrole nitrogens is 1. The van der Waals surface area contributed by atoms with Crippen molar-refractivity contribution in [3.8, 4) is 17.4 Å². The lowest BCUT2D eigenvalue weighted by Crippen LogP contribution is -1.92. The molecule has 4 heteroatoms. The zero-order chi connectivity index (χ0) is 14.7. The minimum atomic E-state index is 0.0814. The second-order valence-corrected chi connectivity index (χ2v) is 4.94. The number of aromatic hydroxyl groups is 1. The molecule has 21 heavy (non-hydrogen) atoms. The Bertz CT molecular complexity index is 736. The van der Waals surface area contributed by atoms with Gasteiger partial charge in [0.2, 0.25) is 5.88 Å². The SMILES string of the molecule is Cc1ccc(Cc2cc(O)[nH]n2)cc1Oc1ccccc1. The number of rotatable bonds is 4. The van der Waals surface area contributed by atoms with E-state index in [1.165, 1.54) is 0 Å². The molecule has 0 radical (unpaired) electrons. The molecule has 3 aromatic rings. The summed E-state index contributed by atoms with van der Waals surface area (Å²) in [6, 6.07) is 17.4. The summed E-state index contributed by atoms with van der Waals surface area (Å²) >= 11 is 0. The first-order valence-corrected chi connectivity index (χ1v) is 6.76. The van der Waals surface area contributed by atoms with E-state index in [9.17, 15) is 5.11 Å². The van der Waals surface area contributed by atoms with E-state index in [1.807, 2.05) is 55.5 Å². The highest BCUT2D eigenvalue weighted by molar-refractivity contribution is 5.41. The standard InChI is InChI=1S/C17H16N2O2/c1-12-7-8-13(9-14-11-17(20)19-18-14)10-16(12)21-15-5-3-2-4-6-15/h2-8,10-11H,9H2,1H3,(H2,18,19,20). The third-order valence-electron chi connectivity index (χ3n) is 3.23. The van der Waals surface area contributed by atoms with Gasteiger partial charge in [-0.1, -0.05) is 30.3 Å². The number of aromatic amines is 1. The molecular weight excluding hydrogens is 264 g/mol. The van der Waals surface area contributed by atoms with Gasteiger partial charge < -0.3 is 9.84 Å². The number of hydrogen-bond acceptors (Lipinski definition) is 3. The van der Waals surface area contributed by atoms with E-state index in [1.54, 1.807) is 6.07 Å². The minimum absolute atomic E-state index is 0.0814. The van der Waals surface area contributed by atoms with Crippen molar-refractivity contribution in [3.63, 3.8) is 0 Å². The predicted octanol–water partition coefficient (Wildman–Crippen LogP) is 3.81. The Balaban J connectivity index is 1.82. The number of benzene rings is 2. The number of para-hydroxylation sites is 1. The van der Waals surface area contributed by atoms with Gasteiger partial charge in [-0.3, -0.25) is 0 Å². The van der Waals surface area contributed by atoms with Gasteiger partial charge in [0.25, 0.3) is 0 Å². The van der Waals surface area contributed by atoms with Crippen LogP contribution in [0.4, 0.5) is 0 Å². The molecule has 1 aromatic heterocycles. The first-order valence-electron chi connectivity index (χ1n) is 6.76. The van der Waals surface area contributed by atoms with Crippen molar-refractivity contribution in [1.82, 2.24) is 10.2 Å². The first-order chi connectivity index (χ1) is 10.2. The highest BCUT2D eigenvalue weighted by Gasteiger charge is 2.06. The van der Waals surface area contributed by atoms with Crippen LogP contribution in [0.15, 0.2) is 54.6 Å². The fraction of sp³-hybridized carbons (Fsp3) is 0.118. The summed E-state index contributed by atoms with van der Waals surface area (Å²) < 4.78 is 5.92. The minimum Gasteiger partial charge on any atom is -0.494 e. The molecule has 0 amide bonds. The summed E-state index contributed by atoms with van der Waals surface area (Å²) in [5, 5.41) is 15.8. The highest BCUT2D eigenvalue weighted by atomic mass is 16.5. The lowest BCUT2D eigenvalue weighted by molar-refractivity contribution is 0.452. The van der Waals surface area contributed by atoms with E-state index in [4.69, 9.17) is 4.74 Å². The zero-order valence-corrected chi connectivity index (χ0v) is 11.7. The van der Waals surface area contributed by atoms with Crippen molar-refractivity contribution in [2.75, 3.05) is 0 Å². The van der Waals surface area contributed by atoms with Crippen LogP contribution in [0.2, 0.25) is 0 Å². The van der Waals surface area contributed by atoms with Crippen LogP contribution in [0.25, 0.3) is 0 Å². The zero-order valence-electron chi connectivity index (χ0n) is 11.7. The van der Waals surface area contributed by atoms with Crippen LogP contribution in [0.1, 0.15) is 16.8 Å². The maximum absolute atomic E-state index is 9.28. The second kappa shape index (κ2) is 5.71. The number of nitrogens with zero attached hydrogens (tertiary/aromatic N) is 1. The number of hydrogen-bond donors (Lipinski definition) is 2. The van der Waals surface area contributed by atoms with E-state index in [0.29, 0.717) is 6.42 Å². The molecule has 2 aromatic carbocycles. The van der Waals surface area contributed by atoms with Gasteiger partial charge in [0, 0.05) is 12.5 Å². The summed E-state index contributed by atoms with van der Waals surface area (Å²) in [6.45, 7) is 2.02. The topological polar surface area (TPSA) is 58.1 Å². The van der Waals surface area contributed by atoms with Crippen LogP contribution in [0.5, 0.6) is 17.4 Å². The first kappa shape index (κ1) is 13.2. The molecule has 2 N–H and O–H groups in total. The van der Waals surface area contributed by atoms with Gasteiger partial charge in [0.15, 0.2) is 0 Å². The van der Waals surface area contributed by atoms with E-state index >= 15 is 0 Å². The number of nitrogens with one attached hydrogen (secondary N) is 1. The summed E-state index contributed by atoms with van der Waals surface area (Å²) in [4.78, 5) is 0. The van der Waals surface area contributed by atoms with Gasteiger partial charge in [0.05, 0.1) is 5.69 Å². The second-order valence-electron chi connectivity index (χ2n) is 4.94. The molecule has 0 aliphatic rings. The van der Waals surface area contributed by atoms with Crippen molar-refractivity contribution in [2.24, 2.45) is 0 Å². The van der Waals surface area contributed by atoms with Gasteiger partial charge >= 0.3 is 0 Å². The molecule has 0 atom stereocenters. The number of aromatic nitrogens is 2. The molecule has 0 aliphatic heterocycles. The van der Waals surface area contributed by atoms with Crippen molar-refractivity contribution < 1.29 is 9.84 Å². The smallest absolute Gasteiger partial charge is 0.206 e. The van der Waals surface area contributed by atoms with Crippen LogP contribution in [0.3, 0.4) is 0 Å². The quantitative estimate of drug-likeness (QED) is 0.764. The van der Waals surface area contributed by atoms with E-state index in [-0.39, 0.29) is 5.88 Å². The van der Waals surface area contributed by atoms with Gasteiger partial charge in [-0.05, 0) is 36.2 Å². The fourth-order valence-corrected chi connectivity index (χ4v) is 2.13. The van der Waals surface area contributed by atoms with Crippen molar-refractivity contribution in [3.05, 3.63) is 71.4 Å². The summed E-state index contributed by atoms with van der Waals surface area (Å²) in [7, 11) is 0. The molecule has 1 heterocycles. The molecule has 0 saturated carbocycles. The van der Waals surface area contributed by atoms with E-state index < -0.39 is 0 Å². The summed E-state index contributed by atoms with van der Waals surface area (Å²) in [5.74, 6) is 1.73. The van der Waals surface area contributed by atoms with Crippen molar-refractivity contribution in [1.29, 1.82) is 0 Å². The average Bonchev–Trinajstić information content (AvgIpc) is 2.89. The molecule has 0 saturated heterocycles. The maximum atomic E-state index is 9.28. The Hall–Kier alpha value is -2.75. The van der Waals surface area contributed by atoms with Crippen molar-refractivity contribution in [2.45, 2.75) is 13.3 Å². The number of ether oxygens (including phenoxy) is 1. The molecule has 0 spiro atoms. The summed E-state index contributed by atoms with van der Waals surface area (Å²) in [5.41, 5.74) is 2.95. The molecule has 0 bridgehead atoms. The molecule has 0 aliphatic carbocycles. The van der Waals surface area contributed by atoms with Gasteiger partial charge in [-0.2, -0.15) is 5.10 Å². The van der Waals surface area contributed by atoms with Crippen LogP contribution in [0, 0.1) is 6.92 Å². The number of aryl methyl sites for hydroxylation is 1. The normalized spacial score (nSPS) is 10.5. The molecular formula is C17H16N2O2. The third-order valence-corrected chi connectivity index (χ3v) is 3.23. The largest absolute Gasteiger partial charge is 0.494 e. The molecule has 0 fully saturated rings. The van der Waals surface area contributed by atoms with E-state index in [2.05, 4.69) is 10.2 Å². The average molecular weight is 280 g/mol. The molecule has 0 unspecified atom stereocenters. The van der Waals surface area contributed by atoms with Crippen LogP contribution in [-0.2, 0) is 6.42 Å². The highest BCUT2D eigenvalue weighted by Crippen LogP contribution is 2.26. The van der Waals surface area contributed by atoms with Crippen LogP contribution < -0.4 is 4.74 Å².